The second-order valence-electron chi connectivity index (χ2n) is 1.80. The van der Waals surface area contributed by atoms with Crippen LogP contribution in [0.3, 0.4) is 0 Å². The highest BCUT2D eigenvalue weighted by Crippen LogP contribution is 1.84. The van der Waals surface area contributed by atoms with Crippen molar-refractivity contribution in [3.05, 3.63) is 12.7 Å². The predicted molar refractivity (Wildman–Crippen MR) is 34.1 cm³/mol. The fourth-order valence-electron chi connectivity index (χ4n) is 0.559. The first kappa shape index (κ1) is 8.17. The number of rotatable bonds is 4. The zero-order chi connectivity index (χ0) is 7.28. The second kappa shape index (κ2) is 4.09. The molecule has 9 heavy (non-hydrogen) atoms. The van der Waals surface area contributed by atoms with E-state index in [1.807, 2.05) is 0 Å². The number of hydrogen-bond donors (Lipinski definition) is 2. The lowest BCUT2D eigenvalue weighted by Crippen LogP contribution is -2.88. The van der Waals surface area contributed by atoms with Gasteiger partial charge >= 0.3 is 5.97 Å². The SMILES string of the molecule is C=CC[C@H]([NH2+]C)C(=O)O. The first-order valence-electron chi connectivity index (χ1n) is 2.85. The van der Waals surface area contributed by atoms with Crippen molar-refractivity contribution >= 4 is 5.97 Å². The summed E-state index contributed by atoms with van der Waals surface area (Å²) < 4.78 is 0. The number of aliphatic carboxylic acids is 1. The average molecular weight is 130 g/mol. The Labute approximate surface area is 54.4 Å². The molecule has 3 N–H and O–H groups in total. The van der Waals surface area contributed by atoms with Gasteiger partial charge in [0.1, 0.15) is 0 Å². The molecule has 0 aliphatic carbocycles. The average Bonchev–Trinajstić information content (AvgIpc) is 1.82. The van der Waals surface area contributed by atoms with Crippen LogP contribution in [0.15, 0.2) is 12.7 Å². The van der Waals surface area contributed by atoms with Gasteiger partial charge in [-0.05, 0) is 0 Å². The second-order valence-corrected chi connectivity index (χ2v) is 1.80. The molecule has 0 saturated carbocycles. The van der Waals surface area contributed by atoms with Crippen LogP contribution in [0.5, 0.6) is 0 Å². The van der Waals surface area contributed by atoms with Gasteiger partial charge in [0.2, 0.25) is 0 Å². The molecule has 0 rings (SSSR count). The molecule has 3 nitrogen and oxygen atoms in total. The molecule has 0 saturated heterocycles. The minimum absolute atomic E-state index is 0.359. The van der Waals surface area contributed by atoms with Gasteiger partial charge in [-0.2, -0.15) is 0 Å². The summed E-state index contributed by atoms with van der Waals surface area (Å²) in [7, 11) is 1.74. The van der Waals surface area contributed by atoms with E-state index in [-0.39, 0.29) is 6.04 Å². The van der Waals surface area contributed by atoms with Gasteiger partial charge in [-0.1, -0.05) is 6.08 Å². The van der Waals surface area contributed by atoms with E-state index in [0.717, 1.165) is 0 Å². The van der Waals surface area contributed by atoms with Gasteiger partial charge in [0.15, 0.2) is 6.04 Å². The van der Waals surface area contributed by atoms with Crippen LogP contribution < -0.4 is 5.32 Å². The summed E-state index contributed by atoms with van der Waals surface area (Å²) in [6, 6.07) is -0.359. The number of carboxylic acid groups (broad SMARTS) is 1. The number of quaternary nitrogens is 1. The van der Waals surface area contributed by atoms with Crippen molar-refractivity contribution in [2.75, 3.05) is 7.05 Å². The molecular formula is C6H12NO2+. The zero-order valence-electron chi connectivity index (χ0n) is 5.50. The Balaban J connectivity index is 3.67. The fourth-order valence-corrected chi connectivity index (χ4v) is 0.559. The van der Waals surface area contributed by atoms with Crippen molar-refractivity contribution in [1.29, 1.82) is 0 Å². The highest BCUT2D eigenvalue weighted by molar-refractivity contribution is 5.71. The molecular weight excluding hydrogens is 118 g/mol. The molecule has 0 unspecified atom stereocenters. The Kier molecular flexibility index (Phi) is 3.71. The Bertz CT molecular complexity index is 112. The molecule has 0 radical (unpaired) electrons. The van der Waals surface area contributed by atoms with E-state index in [1.165, 1.54) is 0 Å². The predicted octanol–water partition coefficient (Wildman–Crippen LogP) is -0.791. The van der Waals surface area contributed by atoms with Gasteiger partial charge in [-0.15, -0.1) is 6.58 Å². The van der Waals surface area contributed by atoms with Crippen molar-refractivity contribution < 1.29 is 15.2 Å². The van der Waals surface area contributed by atoms with E-state index in [4.69, 9.17) is 5.11 Å². The van der Waals surface area contributed by atoms with E-state index in [2.05, 4.69) is 6.58 Å². The molecule has 0 amide bonds. The summed E-state index contributed by atoms with van der Waals surface area (Å²) >= 11 is 0. The standard InChI is InChI=1S/C6H11NO2/c1-3-4-5(7-2)6(8)9/h3,5,7H,1,4H2,2H3,(H,8,9)/p+1/t5-/m0/s1. The van der Waals surface area contributed by atoms with Gasteiger partial charge in [0, 0.05) is 6.42 Å². The maximum absolute atomic E-state index is 10.2. The van der Waals surface area contributed by atoms with Crippen molar-refractivity contribution in [2.24, 2.45) is 0 Å². The summed E-state index contributed by atoms with van der Waals surface area (Å²) in [5, 5.41) is 10.1. The monoisotopic (exact) mass is 130 g/mol. The Morgan fingerprint density at radius 3 is 2.67 bits per heavy atom. The molecule has 0 aliphatic heterocycles. The first-order valence-corrected chi connectivity index (χ1v) is 2.85. The smallest absolute Gasteiger partial charge is 0.362 e. The Hall–Kier alpha value is -0.830. The number of carbonyl (C=O) groups is 1. The van der Waals surface area contributed by atoms with Crippen LogP contribution in [0.1, 0.15) is 6.42 Å². The summed E-state index contributed by atoms with van der Waals surface area (Å²) in [6.45, 7) is 3.45. The first-order chi connectivity index (χ1) is 4.22. The highest BCUT2D eigenvalue weighted by atomic mass is 16.4. The van der Waals surface area contributed by atoms with E-state index >= 15 is 0 Å². The highest BCUT2D eigenvalue weighted by Gasteiger charge is 2.15. The molecule has 0 fully saturated rings. The van der Waals surface area contributed by atoms with Crippen molar-refractivity contribution in [3.8, 4) is 0 Å². The Morgan fingerprint density at radius 1 is 2.00 bits per heavy atom. The van der Waals surface area contributed by atoms with Crippen molar-refractivity contribution in [2.45, 2.75) is 12.5 Å². The fraction of sp³-hybridized carbons (Fsp3) is 0.500. The quantitative estimate of drug-likeness (QED) is 0.490. The third-order valence-electron chi connectivity index (χ3n) is 1.14. The van der Waals surface area contributed by atoms with Crippen LogP contribution in [0.2, 0.25) is 0 Å². The minimum Gasteiger partial charge on any atom is -0.477 e. The van der Waals surface area contributed by atoms with Gasteiger partial charge in [-0.3, -0.25) is 0 Å². The van der Waals surface area contributed by atoms with E-state index in [0.29, 0.717) is 6.42 Å². The molecule has 0 aromatic carbocycles. The largest absolute Gasteiger partial charge is 0.477 e. The Morgan fingerprint density at radius 2 is 2.56 bits per heavy atom. The van der Waals surface area contributed by atoms with Crippen molar-refractivity contribution in [3.63, 3.8) is 0 Å². The lowest BCUT2D eigenvalue weighted by Gasteiger charge is -2.02. The molecule has 3 heteroatoms. The lowest BCUT2D eigenvalue weighted by molar-refractivity contribution is -0.651. The molecule has 0 heterocycles. The van der Waals surface area contributed by atoms with Crippen LogP contribution in [0.25, 0.3) is 0 Å². The summed E-state index contributed by atoms with van der Waals surface area (Å²) in [5.41, 5.74) is 0. The van der Waals surface area contributed by atoms with Crippen LogP contribution >= 0.6 is 0 Å². The molecule has 0 bridgehead atoms. The van der Waals surface area contributed by atoms with E-state index < -0.39 is 5.97 Å². The summed E-state index contributed by atoms with van der Waals surface area (Å²) in [4.78, 5) is 10.2. The third-order valence-corrected chi connectivity index (χ3v) is 1.14. The van der Waals surface area contributed by atoms with E-state index in [1.54, 1.807) is 18.4 Å². The summed E-state index contributed by atoms with van der Waals surface area (Å²) in [6.07, 6.45) is 2.13. The van der Waals surface area contributed by atoms with Crippen molar-refractivity contribution in [1.82, 2.24) is 0 Å². The van der Waals surface area contributed by atoms with Crippen LogP contribution in [-0.2, 0) is 4.79 Å². The molecule has 0 aliphatic rings. The topological polar surface area (TPSA) is 53.9 Å². The number of nitrogens with two attached hydrogens (primary N) is 1. The number of hydrogen-bond acceptors (Lipinski definition) is 1. The molecule has 0 spiro atoms. The van der Waals surface area contributed by atoms with Crippen LogP contribution in [-0.4, -0.2) is 24.2 Å². The molecule has 52 valence electrons. The number of carboxylic acids is 1. The van der Waals surface area contributed by atoms with Gasteiger partial charge in [0.25, 0.3) is 0 Å². The van der Waals surface area contributed by atoms with Gasteiger partial charge in [-0.25, -0.2) is 4.79 Å². The number of likely N-dealkylation sites (N-methyl/N-ethyl adjacent to an activating group) is 1. The maximum Gasteiger partial charge on any atom is 0.362 e. The van der Waals surface area contributed by atoms with Crippen LogP contribution in [0, 0.1) is 0 Å². The molecule has 1 atom stereocenters. The van der Waals surface area contributed by atoms with Gasteiger partial charge in [0.05, 0.1) is 7.05 Å². The van der Waals surface area contributed by atoms with Gasteiger partial charge < -0.3 is 10.4 Å². The van der Waals surface area contributed by atoms with Crippen LogP contribution in [0.4, 0.5) is 0 Å². The lowest BCUT2D eigenvalue weighted by atomic mass is 10.2. The molecule has 0 aromatic heterocycles. The normalized spacial score (nSPS) is 12.6. The zero-order valence-corrected chi connectivity index (χ0v) is 5.50. The summed E-state index contributed by atoms with van der Waals surface area (Å²) in [5.74, 6) is -0.780. The molecule has 0 aromatic rings. The van der Waals surface area contributed by atoms with E-state index in [9.17, 15) is 4.79 Å². The third kappa shape index (κ3) is 2.87. The minimum atomic E-state index is -0.780. The maximum atomic E-state index is 10.2.